The molecular weight excluding hydrogens is 314 g/mol. The number of carbonyl (C=O) groups is 1. The summed E-state index contributed by atoms with van der Waals surface area (Å²) in [4.78, 5) is 14.2. The number of hydrogen-bond donors (Lipinski definition) is 1. The standard InChI is InChI=1S/C20H21N3O2/c1-3-23(18-7-5-4-6-8-18)15-17(13-21)20(24)22-14-16-9-11-19(25-2)12-10-16/h4-12,15H,3,14H2,1-2H3,(H,22,24)/b17-15-. The number of nitriles is 1. The molecule has 5 nitrogen and oxygen atoms in total. The number of benzene rings is 2. The number of nitrogens with zero attached hydrogens (tertiary/aromatic N) is 2. The van der Waals surface area contributed by atoms with Crippen LogP contribution in [0.1, 0.15) is 12.5 Å². The van der Waals surface area contributed by atoms with Crippen LogP contribution in [0.4, 0.5) is 5.69 Å². The fraction of sp³-hybridized carbons (Fsp3) is 0.200. The molecule has 128 valence electrons. The molecule has 25 heavy (non-hydrogen) atoms. The zero-order chi connectivity index (χ0) is 18.1. The Labute approximate surface area is 148 Å². The normalized spacial score (nSPS) is 10.7. The van der Waals surface area contributed by atoms with E-state index in [2.05, 4.69) is 5.32 Å². The molecule has 0 heterocycles. The summed E-state index contributed by atoms with van der Waals surface area (Å²) in [5, 5.41) is 12.1. The number of nitrogens with one attached hydrogen (secondary N) is 1. The lowest BCUT2D eigenvalue weighted by Gasteiger charge is -2.18. The quantitative estimate of drug-likeness (QED) is 0.623. The summed E-state index contributed by atoms with van der Waals surface area (Å²) < 4.78 is 5.10. The number of rotatable bonds is 7. The number of ether oxygens (including phenoxy) is 1. The second-order valence-corrected chi connectivity index (χ2v) is 5.31. The van der Waals surface area contributed by atoms with Crippen molar-refractivity contribution < 1.29 is 9.53 Å². The van der Waals surface area contributed by atoms with E-state index in [4.69, 9.17) is 4.74 Å². The topological polar surface area (TPSA) is 65.4 Å². The molecule has 0 aliphatic carbocycles. The Morgan fingerprint density at radius 2 is 1.88 bits per heavy atom. The number of anilines is 1. The predicted octanol–water partition coefficient (Wildman–Crippen LogP) is 3.25. The van der Waals surface area contributed by atoms with Gasteiger partial charge in [0.05, 0.1) is 7.11 Å². The smallest absolute Gasteiger partial charge is 0.263 e. The lowest BCUT2D eigenvalue weighted by atomic mass is 10.2. The minimum Gasteiger partial charge on any atom is -0.497 e. The summed E-state index contributed by atoms with van der Waals surface area (Å²) in [6.45, 7) is 2.97. The van der Waals surface area contributed by atoms with Gasteiger partial charge in [0.25, 0.3) is 5.91 Å². The van der Waals surface area contributed by atoms with Crippen LogP contribution >= 0.6 is 0 Å². The van der Waals surface area contributed by atoms with Crippen molar-refractivity contribution in [1.82, 2.24) is 5.32 Å². The lowest BCUT2D eigenvalue weighted by molar-refractivity contribution is -0.117. The Kier molecular flexibility index (Phi) is 6.61. The Morgan fingerprint density at radius 1 is 1.20 bits per heavy atom. The highest BCUT2D eigenvalue weighted by Crippen LogP contribution is 2.15. The van der Waals surface area contributed by atoms with Gasteiger partial charge in [0.1, 0.15) is 17.4 Å². The van der Waals surface area contributed by atoms with Gasteiger partial charge in [0.2, 0.25) is 0 Å². The molecule has 5 heteroatoms. The maximum Gasteiger partial charge on any atom is 0.263 e. The van der Waals surface area contributed by atoms with Crippen LogP contribution in [0.15, 0.2) is 66.4 Å². The predicted molar refractivity (Wildman–Crippen MR) is 98.0 cm³/mol. The molecule has 2 aromatic rings. The van der Waals surface area contributed by atoms with Crippen LogP contribution in [0.3, 0.4) is 0 Å². The molecule has 2 aromatic carbocycles. The summed E-state index contributed by atoms with van der Waals surface area (Å²) in [6.07, 6.45) is 1.58. The number of para-hydroxylation sites is 1. The number of amides is 1. The molecule has 0 radical (unpaired) electrons. The van der Waals surface area contributed by atoms with Crippen molar-refractivity contribution in [3.63, 3.8) is 0 Å². The molecule has 1 N–H and O–H groups in total. The van der Waals surface area contributed by atoms with E-state index in [1.165, 1.54) is 0 Å². The SMILES string of the molecule is CCN(/C=C(/C#N)C(=O)NCc1ccc(OC)cc1)c1ccccc1. The summed E-state index contributed by atoms with van der Waals surface area (Å²) in [7, 11) is 1.60. The number of carbonyl (C=O) groups excluding carboxylic acids is 1. The van der Waals surface area contributed by atoms with Gasteiger partial charge in [-0.05, 0) is 36.8 Å². The monoisotopic (exact) mass is 335 g/mol. The molecule has 0 unspecified atom stereocenters. The summed E-state index contributed by atoms with van der Waals surface area (Å²) in [5.74, 6) is 0.363. The van der Waals surface area contributed by atoms with Gasteiger partial charge < -0.3 is 15.0 Å². The van der Waals surface area contributed by atoms with Crippen LogP contribution < -0.4 is 15.0 Å². The Morgan fingerprint density at radius 3 is 2.44 bits per heavy atom. The van der Waals surface area contributed by atoms with Crippen molar-refractivity contribution in [3.8, 4) is 11.8 Å². The fourth-order valence-electron chi connectivity index (χ4n) is 2.28. The van der Waals surface area contributed by atoms with Gasteiger partial charge in [0.15, 0.2) is 0 Å². The van der Waals surface area contributed by atoms with Crippen LogP contribution in [0.2, 0.25) is 0 Å². The third kappa shape index (κ3) is 5.11. The van der Waals surface area contributed by atoms with E-state index in [1.54, 1.807) is 13.3 Å². The third-order valence-electron chi connectivity index (χ3n) is 3.69. The van der Waals surface area contributed by atoms with Crippen molar-refractivity contribution >= 4 is 11.6 Å². The van der Waals surface area contributed by atoms with Crippen molar-refractivity contribution in [1.29, 1.82) is 5.26 Å². The van der Waals surface area contributed by atoms with Crippen molar-refractivity contribution in [2.24, 2.45) is 0 Å². The maximum absolute atomic E-state index is 12.3. The van der Waals surface area contributed by atoms with Gasteiger partial charge in [-0.15, -0.1) is 0 Å². The Hall–Kier alpha value is -3.26. The summed E-state index contributed by atoms with van der Waals surface area (Å²) in [6, 6.07) is 19.0. The van der Waals surface area contributed by atoms with Crippen molar-refractivity contribution in [2.75, 3.05) is 18.6 Å². The second kappa shape index (κ2) is 9.14. The van der Waals surface area contributed by atoms with E-state index in [9.17, 15) is 10.1 Å². The summed E-state index contributed by atoms with van der Waals surface area (Å²) in [5.41, 5.74) is 1.93. The van der Waals surface area contributed by atoms with E-state index in [1.807, 2.05) is 72.5 Å². The first-order chi connectivity index (χ1) is 12.2. The Balaban J connectivity index is 2.05. The molecule has 0 aliphatic heterocycles. The highest BCUT2D eigenvalue weighted by molar-refractivity contribution is 5.97. The van der Waals surface area contributed by atoms with Gasteiger partial charge in [-0.1, -0.05) is 30.3 Å². The van der Waals surface area contributed by atoms with Gasteiger partial charge >= 0.3 is 0 Å². The first-order valence-corrected chi connectivity index (χ1v) is 8.02. The molecular formula is C20H21N3O2. The van der Waals surface area contributed by atoms with Gasteiger partial charge in [-0.3, -0.25) is 4.79 Å². The van der Waals surface area contributed by atoms with Crippen molar-refractivity contribution in [2.45, 2.75) is 13.5 Å². The van der Waals surface area contributed by atoms with Crippen LogP contribution in [0.25, 0.3) is 0 Å². The molecule has 2 rings (SSSR count). The van der Waals surface area contributed by atoms with Crippen LogP contribution in [0.5, 0.6) is 5.75 Å². The number of methoxy groups -OCH3 is 1. The van der Waals surface area contributed by atoms with Gasteiger partial charge in [0, 0.05) is 25.0 Å². The van der Waals surface area contributed by atoms with Crippen molar-refractivity contribution in [3.05, 3.63) is 71.9 Å². The van der Waals surface area contributed by atoms with Crippen LogP contribution in [0, 0.1) is 11.3 Å². The van der Waals surface area contributed by atoms with Gasteiger partial charge in [-0.25, -0.2) is 0 Å². The third-order valence-corrected chi connectivity index (χ3v) is 3.69. The fourth-order valence-corrected chi connectivity index (χ4v) is 2.28. The highest BCUT2D eigenvalue weighted by Gasteiger charge is 2.11. The lowest BCUT2D eigenvalue weighted by Crippen LogP contribution is -2.26. The first-order valence-electron chi connectivity index (χ1n) is 8.02. The molecule has 0 aromatic heterocycles. The minimum absolute atomic E-state index is 0.0687. The average molecular weight is 335 g/mol. The molecule has 0 aliphatic rings. The van der Waals surface area contributed by atoms with Gasteiger partial charge in [-0.2, -0.15) is 5.26 Å². The molecule has 1 amide bonds. The first kappa shape index (κ1) is 18.1. The minimum atomic E-state index is -0.396. The van der Waals surface area contributed by atoms with E-state index < -0.39 is 5.91 Å². The largest absolute Gasteiger partial charge is 0.497 e. The number of hydrogen-bond acceptors (Lipinski definition) is 4. The molecule has 0 atom stereocenters. The Bertz CT molecular complexity index is 762. The molecule has 0 bridgehead atoms. The molecule has 0 fully saturated rings. The molecule has 0 saturated heterocycles. The van der Waals surface area contributed by atoms with E-state index >= 15 is 0 Å². The zero-order valence-corrected chi connectivity index (χ0v) is 14.4. The maximum atomic E-state index is 12.3. The molecule has 0 spiro atoms. The second-order valence-electron chi connectivity index (χ2n) is 5.31. The van der Waals surface area contributed by atoms with Crippen LogP contribution in [-0.4, -0.2) is 19.6 Å². The van der Waals surface area contributed by atoms with Crippen LogP contribution in [-0.2, 0) is 11.3 Å². The van der Waals surface area contributed by atoms with E-state index in [0.717, 1.165) is 17.0 Å². The van der Waals surface area contributed by atoms with E-state index in [-0.39, 0.29) is 5.57 Å². The molecule has 0 saturated carbocycles. The zero-order valence-electron chi connectivity index (χ0n) is 14.4. The average Bonchev–Trinajstić information content (AvgIpc) is 2.68. The highest BCUT2D eigenvalue weighted by atomic mass is 16.5. The summed E-state index contributed by atoms with van der Waals surface area (Å²) >= 11 is 0. The van der Waals surface area contributed by atoms with E-state index in [0.29, 0.717) is 13.1 Å².